The summed E-state index contributed by atoms with van der Waals surface area (Å²) < 4.78 is 5.15. The Morgan fingerprint density at radius 1 is 1.15 bits per heavy atom. The highest BCUT2D eigenvalue weighted by Crippen LogP contribution is 2.39. The molecule has 20 heavy (non-hydrogen) atoms. The Morgan fingerprint density at radius 3 is 2.60 bits per heavy atom. The van der Waals surface area contributed by atoms with E-state index < -0.39 is 5.54 Å². The van der Waals surface area contributed by atoms with Crippen molar-refractivity contribution in [3.63, 3.8) is 0 Å². The molecule has 0 radical (unpaired) electrons. The van der Waals surface area contributed by atoms with Gasteiger partial charge in [0.2, 0.25) is 0 Å². The smallest absolute Gasteiger partial charge is 0.151 e. The van der Waals surface area contributed by atoms with Gasteiger partial charge in [-0.3, -0.25) is 0 Å². The number of rotatable bonds is 3. The predicted molar refractivity (Wildman–Crippen MR) is 78.7 cm³/mol. The highest BCUT2D eigenvalue weighted by molar-refractivity contribution is 5.56. The fourth-order valence-electron chi connectivity index (χ4n) is 2.81. The number of nitrogens with one attached hydrogen (secondary N) is 1. The molecule has 0 aliphatic heterocycles. The summed E-state index contributed by atoms with van der Waals surface area (Å²) in [4.78, 5) is 0. The molecule has 0 saturated carbocycles. The second-order valence-corrected chi connectivity index (χ2v) is 5.03. The molecule has 0 saturated heterocycles. The van der Waals surface area contributed by atoms with Crippen LogP contribution in [-0.2, 0) is 12.0 Å². The Kier molecular flexibility index (Phi) is 3.08. The van der Waals surface area contributed by atoms with Crippen molar-refractivity contribution in [2.24, 2.45) is 0 Å². The maximum atomic E-state index is 9.69. The number of hydrogen-bond acceptors (Lipinski definition) is 3. The van der Waals surface area contributed by atoms with Crippen LogP contribution in [0.2, 0.25) is 0 Å². The summed E-state index contributed by atoms with van der Waals surface area (Å²) >= 11 is 0. The summed E-state index contributed by atoms with van der Waals surface area (Å²) in [6, 6.07) is 18.3. The molecule has 1 atom stereocenters. The topological polar surface area (TPSA) is 45.0 Å². The van der Waals surface area contributed by atoms with E-state index in [0.29, 0.717) is 0 Å². The summed E-state index contributed by atoms with van der Waals surface area (Å²) in [6.07, 6.45) is 1.74. The van der Waals surface area contributed by atoms with Gasteiger partial charge in [-0.15, -0.1) is 0 Å². The van der Waals surface area contributed by atoms with E-state index in [1.54, 1.807) is 7.11 Å². The van der Waals surface area contributed by atoms with Gasteiger partial charge in [-0.05, 0) is 48.2 Å². The van der Waals surface area contributed by atoms with E-state index in [0.717, 1.165) is 29.8 Å². The number of aryl methyl sites for hydroxylation is 1. The molecule has 1 aliphatic carbocycles. The lowest BCUT2D eigenvalue weighted by Crippen LogP contribution is -2.30. The zero-order valence-electron chi connectivity index (χ0n) is 11.4. The van der Waals surface area contributed by atoms with Gasteiger partial charge in [0, 0.05) is 5.69 Å². The van der Waals surface area contributed by atoms with E-state index in [-0.39, 0.29) is 0 Å². The molecular formula is C17H16N2O. The van der Waals surface area contributed by atoms with E-state index in [4.69, 9.17) is 4.74 Å². The van der Waals surface area contributed by atoms with E-state index in [2.05, 4.69) is 17.5 Å². The van der Waals surface area contributed by atoms with Gasteiger partial charge in [0.1, 0.15) is 5.75 Å². The normalized spacial score (nSPS) is 20.0. The van der Waals surface area contributed by atoms with Crippen LogP contribution in [0.1, 0.15) is 17.5 Å². The van der Waals surface area contributed by atoms with Crippen molar-refractivity contribution >= 4 is 5.69 Å². The molecule has 2 aromatic rings. The number of hydrogen-bond donors (Lipinski definition) is 1. The molecule has 0 fully saturated rings. The molecule has 0 bridgehead atoms. The van der Waals surface area contributed by atoms with E-state index in [1.807, 2.05) is 42.5 Å². The first-order valence-corrected chi connectivity index (χ1v) is 6.69. The highest BCUT2D eigenvalue weighted by Gasteiger charge is 2.38. The summed E-state index contributed by atoms with van der Waals surface area (Å²) in [6.45, 7) is 0. The summed E-state index contributed by atoms with van der Waals surface area (Å²) in [7, 11) is 1.65. The summed E-state index contributed by atoms with van der Waals surface area (Å²) in [5.74, 6) is 0.813. The second kappa shape index (κ2) is 4.90. The van der Waals surface area contributed by atoms with Gasteiger partial charge in [-0.25, -0.2) is 0 Å². The maximum Gasteiger partial charge on any atom is 0.151 e. The SMILES string of the molecule is COc1ccc(NC2(C#N)CCc3ccccc32)cc1. The molecule has 1 unspecified atom stereocenters. The second-order valence-electron chi connectivity index (χ2n) is 5.03. The Hall–Kier alpha value is -2.47. The lowest BCUT2D eigenvalue weighted by molar-refractivity contribution is 0.415. The largest absolute Gasteiger partial charge is 0.497 e. The number of methoxy groups -OCH3 is 1. The van der Waals surface area contributed by atoms with Crippen LogP contribution in [0.4, 0.5) is 5.69 Å². The number of benzene rings is 2. The Morgan fingerprint density at radius 2 is 1.90 bits per heavy atom. The van der Waals surface area contributed by atoms with Gasteiger partial charge in [0.05, 0.1) is 13.2 Å². The molecule has 3 nitrogen and oxygen atoms in total. The molecule has 0 spiro atoms. The van der Waals surface area contributed by atoms with Crippen molar-refractivity contribution < 1.29 is 4.74 Å². The molecular weight excluding hydrogens is 248 g/mol. The minimum absolute atomic E-state index is 0.620. The van der Waals surface area contributed by atoms with Crippen molar-refractivity contribution in [2.75, 3.05) is 12.4 Å². The van der Waals surface area contributed by atoms with Crippen LogP contribution in [0.15, 0.2) is 48.5 Å². The van der Waals surface area contributed by atoms with Crippen LogP contribution >= 0.6 is 0 Å². The Bertz CT molecular complexity index is 657. The fourth-order valence-corrected chi connectivity index (χ4v) is 2.81. The van der Waals surface area contributed by atoms with Crippen LogP contribution < -0.4 is 10.1 Å². The van der Waals surface area contributed by atoms with Crippen molar-refractivity contribution in [1.82, 2.24) is 0 Å². The predicted octanol–water partition coefficient (Wildman–Crippen LogP) is 3.47. The van der Waals surface area contributed by atoms with Crippen LogP contribution in [-0.4, -0.2) is 7.11 Å². The number of nitriles is 1. The Balaban J connectivity index is 1.93. The number of fused-ring (bicyclic) bond motifs is 1. The van der Waals surface area contributed by atoms with E-state index >= 15 is 0 Å². The molecule has 0 heterocycles. The van der Waals surface area contributed by atoms with Gasteiger partial charge in [0.15, 0.2) is 5.54 Å². The Labute approximate surface area is 118 Å². The number of ether oxygens (including phenoxy) is 1. The molecule has 3 rings (SSSR count). The van der Waals surface area contributed by atoms with Crippen LogP contribution in [0.5, 0.6) is 5.75 Å². The van der Waals surface area contributed by atoms with Gasteiger partial charge in [-0.1, -0.05) is 24.3 Å². The van der Waals surface area contributed by atoms with Crippen molar-refractivity contribution in [1.29, 1.82) is 5.26 Å². The first-order chi connectivity index (χ1) is 9.77. The third-order valence-corrected chi connectivity index (χ3v) is 3.89. The van der Waals surface area contributed by atoms with Gasteiger partial charge in [-0.2, -0.15) is 5.26 Å². The van der Waals surface area contributed by atoms with Gasteiger partial charge >= 0.3 is 0 Å². The van der Waals surface area contributed by atoms with Crippen molar-refractivity contribution in [2.45, 2.75) is 18.4 Å². The highest BCUT2D eigenvalue weighted by atomic mass is 16.5. The third-order valence-electron chi connectivity index (χ3n) is 3.89. The average Bonchev–Trinajstić information content (AvgIpc) is 2.88. The third kappa shape index (κ3) is 2.00. The standard InChI is InChI=1S/C17H16N2O/c1-20-15-8-6-14(7-9-15)19-17(12-18)11-10-13-4-2-3-5-16(13)17/h2-9,19H,10-11H2,1H3. The van der Waals surface area contributed by atoms with Crippen LogP contribution in [0, 0.1) is 11.3 Å². The molecule has 2 aromatic carbocycles. The minimum Gasteiger partial charge on any atom is -0.497 e. The molecule has 1 N–H and O–H groups in total. The number of nitrogens with zero attached hydrogens (tertiary/aromatic N) is 1. The molecule has 0 amide bonds. The average molecular weight is 264 g/mol. The van der Waals surface area contributed by atoms with E-state index in [1.165, 1.54) is 5.56 Å². The first kappa shape index (κ1) is 12.6. The number of anilines is 1. The van der Waals surface area contributed by atoms with Gasteiger partial charge in [0.25, 0.3) is 0 Å². The zero-order chi connectivity index (χ0) is 14.0. The quantitative estimate of drug-likeness (QED) is 0.923. The van der Waals surface area contributed by atoms with Crippen molar-refractivity contribution in [3.8, 4) is 11.8 Å². The van der Waals surface area contributed by atoms with E-state index in [9.17, 15) is 5.26 Å². The molecule has 100 valence electrons. The lowest BCUT2D eigenvalue weighted by Gasteiger charge is -2.25. The van der Waals surface area contributed by atoms with Crippen LogP contribution in [0.3, 0.4) is 0 Å². The van der Waals surface area contributed by atoms with Gasteiger partial charge < -0.3 is 10.1 Å². The molecule has 1 aliphatic rings. The summed E-state index contributed by atoms with van der Waals surface area (Å²) in [5.41, 5.74) is 2.67. The van der Waals surface area contributed by atoms with Crippen LogP contribution in [0.25, 0.3) is 0 Å². The fraction of sp³-hybridized carbons (Fsp3) is 0.235. The minimum atomic E-state index is -0.620. The molecule has 0 aromatic heterocycles. The molecule has 3 heteroatoms. The summed E-state index contributed by atoms with van der Waals surface area (Å²) in [5, 5.41) is 13.1. The monoisotopic (exact) mass is 264 g/mol. The van der Waals surface area contributed by atoms with Crippen molar-refractivity contribution in [3.05, 3.63) is 59.7 Å². The first-order valence-electron chi connectivity index (χ1n) is 6.69. The lowest BCUT2D eigenvalue weighted by atomic mass is 9.93. The zero-order valence-corrected chi connectivity index (χ0v) is 11.4. The maximum absolute atomic E-state index is 9.69.